The monoisotopic (exact) mass is 214 g/mol. The molecule has 14 heavy (non-hydrogen) atoms. The van der Waals surface area contributed by atoms with E-state index in [2.05, 4.69) is 35.8 Å². The third-order valence-electron chi connectivity index (χ3n) is 3.27. The van der Waals surface area contributed by atoms with E-state index in [4.69, 9.17) is 0 Å². The Balaban J connectivity index is 1.88. The Morgan fingerprint density at radius 3 is 2.21 bits per heavy atom. The summed E-state index contributed by atoms with van der Waals surface area (Å²) in [4.78, 5) is 2.73. The summed E-state index contributed by atoms with van der Waals surface area (Å²) in [7, 11) is 0. The first-order chi connectivity index (χ1) is 6.75. The van der Waals surface area contributed by atoms with E-state index >= 15 is 0 Å². The Labute approximate surface area is 91.8 Å². The van der Waals surface area contributed by atoms with Crippen LogP contribution in [0.15, 0.2) is 0 Å². The van der Waals surface area contributed by atoms with Crippen molar-refractivity contribution in [3.05, 3.63) is 0 Å². The van der Waals surface area contributed by atoms with Gasteiger partial charge in [-0.3, -0.25) is 4.90 Å². The molecule has 0 aromatic rings. The van der Waals surface area contributed by atoms with Gasteiger partial charge in [-0.15, -0.1) is 0 Å². The predicted octanol–water partition coefficient (Wildman–Crippen LogP) is 1.56. The minimum Gasteiger partial charge on any atom is -0.317 e. The number of hydrogen-bond donors (Lipinski definition) is 1. The van der Waals surface area contributed by atoms with Crippen molar-refractivity contribution >= 4 is 11.8 Å². The average Bonchev–Trinajstić information content (AvgIpc) is 2.18. The fourth-order valence-electron chi connectivity index (χ4n) is 2.69. The Bertz CT molecular complexity index is 170. The third kappa shape index (κ3) is 2.65. The van der Waals surface area contributed by atoms with Crippen LogP contribution in [-0.2, 0) is 0 Å². The second-order valence-corrected chi connectivity index (χ2v) is 6.57. The summed E-state index contributed by atoms with van der Waals surface area (Å²) in [5.74, 6) is 0. The van der Waals surface area contributed by atoms with Crippen molar-refractivity contribution in [3.8, 4) is 0 Å². The van der Waals surface area contributed by atoms with Gasteiger partial charge in [-0.2, -0.15) is 11.8 Å². The maximum absolute atomic E-state index is 3.44. The van der Waals surface area contributed by atoms with Crippen LogP contribution >= 0.6 is 11.8 Å². The zero-order valence-electron chi connectivity index (χ0n) is 9.33. The molecule has 2 atom stereocenters. The Morgan fingerprint density at radius 2 is 1.64 bits per heavy atom. The molecule has 0 amide bonds. The van der Waals surface area contributed by atoms with Crippen LogP contribution in [0.25, 0.3) is 0 Å². The molecule has 2 heterocycles. The highest BCUT2D eigenvalue weighted by atomic mass is 32.2. The molecule has 2 aliphatic rings. The summed E-state index contributed by atoms with van der Waals surface area (Å²) >= 11 is 2.15. The van der Waals surface area contributed by atoms with E-state index in [-0.39, 0.29) is 0 Å². The molecule has 0 bridgehead atoms. The maximum Gasteiger partial charge on any atom is 0.0149 e. The SMILES string of the molecule is CC1CN(C2CCNCC2)CC(C)S1. The fraction of sp³-hybridized carbons (Fsp3) is 1.00. The molecule has 0 aromatic carbocycles. The van der Waals surface area contributed by atoms with Crippen molar-refractivity contribution < 1.29 is 0 Å². The van der Waals surface area contributed by atoms with E-state index in [0.29, 0.717) is 0 Å². The molecular weight excluding hydrogens is 192 g/mol. The molecule has 2 rings (SSSR count). The molecule has 82 valence electrons. The van der Waals surface area contributed by atoms with Crippen molar-refractivity contribution in [1.82, 2.24) is 10.2 Å². The molecule has 1 N–H and O–H groups in total. The minimum atomic E-state index is 0.827. The molecule has 2 fully saturated rings. The lowest BCUT2D eigenvalue weighted by Gasteiger charge is -2.41. The zero-order valence-corrected chi connectivity index (χ0v) is 10.1. The molecule has 2 saturated heterocycles. The largest absolute Gasteiger partial charge is 0.317 e. The second-order valence-electron chi connectivity index (χ2n) is 4.69. The van der Waals surface area contributed by atoms with Crippen molar-refractivity contribution in [2.75, 3.05) is 26.2 Å². The highest BCUT2D eigenvalue weighted by Gasteiger charge is 2.28. The van der Waals surface area contributed by atoms with Crippen LogP contribution < -0.4 is 5.32 Å². The van der Waals surface area contributed by atoms with Gasteiger partial charge in [0.15, 0.2) is 0 Å². The number of piperidine rings is 1. The number of nitrogens with zero attached hydrogens (tertiary/aromatic N) is 1. The van der Waals surface area contributed by atoms with Gasteiger partial charge in [0.1, 0.15) is 0 Å². The van der Waals surface area contributed by atoms with E-state index in [9.17, 15) is 0 Å². The first kappa shape index (κ1) is 10.8. The van der Waals surface area contributed by atoms with Gasteiger partial charge >= 0.3 is 0 Å². The number of thioether (sulfide) groups is 1. The molecule has 0 aromatic heterocycles. The first-order valence-corrected chi connectivity index (χ1v) is 6.80. The van der Waals surface area contributed by atoms with Gasteiger partial charge in [0.25, 0.3) is 0 Å². The lowest BCUT2D eigenvalue weighted by atomic mass is 10.0. The van der Waals surface area contributed by atoms with Gasteiger partial charge in [-0.1, -0.05) is 13.8 Å². The topological polar surface area (TPSA) is 15.3 Å². The first-order valence-electron chi connectivity index (χ1n) is 5.86. The Morgan fingerprint density at radius 1 is 1.07 bits per heavy atom. The summed E-state index contributed by atoms with van der Waals surface area (Å²) in [6.45, 7) is 9.79. The average molecular weight is 214 g/mol. The van der Waals surface area contributed by atoms with Crippen molar-refractivity contribution in [1.29, 1.82) is 0 Å². The molecule has 3 heteroatoms. The van der Waals surface area contributed by atoms with Crippen LogP contribution in [0.1, 0.15) is 26.7 Å². The summed E-state index contributed by atoms with van der Waals surface area (Å²) in [5.41, 5.74) is 0. The van der Waals surface area contributed by atoms with Crippen molar-refractivity contribution in [2.24, 2.45) is 0 Å². The highest BCUT2D eigenvalue weighted by molar-refractivity contribution is 8.00. The van der Waals surface area contributed by atoms with Crippen LogP contribution in [0, 0.1) is 0 Å². The molecule has 0 radical (unpaired) electrons. The summed E-state index contributed by atoms with van der Waals surface area (Å²) < 4.78 is 0. The number of rotatable bonds is 1. The van der Waals surface area contributed by atoms with E-state index in [0.717, 1.165) is 16.5 Å². The fourth-order valence-corrected chi connectivity index (χ4v) is 4.04. The van der Waals surface area contributed by atoms with Gasteiger partial charge in [0, 0.05) is 29.6 Å². The van der Waals surface area contributed by atoms with Crippen LogP contribution in [-0.4, -0.2) is 47.6 Å². The third-order valence-corrected chi connectivity index (χ3v) is 4.50. The van der Waals surface area contributed by atoms with Crippen LogP contribution in [0.5, 0.6) is 0 Å². The van der Waals surface area contributed by atoms with Gasteiger partial charge in [-0.25, -0.2) is 0 Å². The smallest absolute Gasteiger partial charge is 0.0149 e. The number of nitrogens with one attached hydrogen (secondary N) is 1. The molecule has 2 nitrogen and oxygen atoms in total. The predicted molar refractivity (Wildman–Crippen MR) is 64.0 cm³/mol. The Hall–Kier alpha value is 0.270. The van der Waals surface area contributed by atoms with E-state index in [1.165, 1.54) is 39.0 Å². The van der Waals surface area contributed by atoms with Gasteiger partial charge in [0.2, 0.25) is 0 Å². The minimum absolute atomic E-state index is 0.827. The van der Waals surface area contributed by atoms with E-state index in [1.54, 1.807) is 0 Å². The zero-order chi connectivity index (χ0) is 9.97. The van der Waals surface area contributed by atoms with Crippen molar-refractivity contribution in [2.45, 2.75) is 43.2 Å². The van der Waals surface area contributed by atoms with Gasteiger partial charge in [0.05, 0.1) is 0 Å². The molecule has 2 unspecified atom stereocenters. The Kier molecular flexibility index (Phi) is 3.74. The van der Waals surface area contributed by atoms with Gasteiger partial charge < -0.3 is 5.32 Å². The van der Waals surface area contributed by atoms with E-state index in [1.807, 2.05) is 0 Å². The number of hydrogen-bond acceptors (Lipinski definition) is 3. The summed E-state index contributed by atoms with van der Waals surface area (Å²) in [6, 6.07) is 0.863. The molecule has 2 aliphatic heterocycles. The van der Waals surface area contributed by atoms with Crippen LogP contribution in [0.4, 0.5) is 0 Å². The molecular formula is C11H22N2S. The lowest BCUT2D eigenvalue weighted by molar-refractivity contribution is 0.160. The lowest BCUT2D eigenvalue weighted by Crippen LogP contribution is -2.50. The summed E-state index contributed by atoms with van der Waals surface area (Å²) in [5, 5.41) is 5.10. The van der Waals surface area contributed by atoms with E-state index < -0.39 is 0 Å². The summed E-state index contributed by atoms with van der Waals surface area (Å²) in [6.07, 6.45) is 2.70. The van der Waals surface area contributed by atoms with Gasteiger partial charge in [-0.05, 0) is 25.9 Å². The van der Waals surface area contributed by atoms with Crippen LogP contribution in [0.3, 0.4) is 0 Å². The highest BCUT2D eigenvalue weighted by Crippen LogP contribution is 2.27. The molecule has 0 spiro atoms. The maximum atomic E-state index is 3.44. The normalized spacial score (nSPS) is 37.3. The molecule has 0 aliphatic carbocycles. The van der Waals surface area contributed by atoms with Crippen LogP contribution in [0.2, 0.25) is 0 Å². The quantitative estimate of drug-likeness (QED) is 0.713. The standard InChI is InChI=1S/C11H22N2S/c1-9-7-13(8-10(2)14-9)11-3-5-12-6-4-11/h9-12H,3-8H2,1-2H3. The second kappa shape index (κ2) is 4.86. The van der Waals surface area contributed by atoms with Crippen molar-refractivity contribution in [3.63, 3.8) is 0 Å². The molecule has 0 saturated carbocycles.